The molecule has 1 atom stereocenters. The third-order valence-corrected chi connectivity index (χ3v) is 3.97. The number of nitrogens with zero attached hydrogens (tertiary/aromatic N) is 1. The summed E-state index contributed by atoms with van der Waals surface area (Å²) in [5, 5.41) is 9.52. The summed E-state index contributed by atoms with van der Waals surface area (Å²) in [5.41, 5.74) is 2.33. The number of carbonyl (C=O) groups excluding carboxylic acids is 2. The average molecular weight is 309 g/mol. The fourth-order valence-electron chi connectivity index (χ4n) is 2.73. The minimum atomic E-state index is -1.22. The van der Waals surface area contributed by atoms with Crippen molar-refractivity contribution in [1.82, 2.24) is 4.90 Å². The lowest BCUT2D eigenvalue weighted by Crippen LogP contribution is -2.46. The van der Waals surface area contributed by atoms with Crippen LogP contribution in [0.4, 0.5) is 0 Å². The fraction of sp³-hybridized carbons (Fsp3) is 0.167. The second-order valence-electron chi connectivity index (χ2n) is 5.57. The summed E-state index contributed by atoms with van der Waals surface area (Å²) in [6, 6.07) is 12.5. The number of carbonyl (C=O) groups is 3. The van der Waals surface area contributed by atoms with Gasteiger partial charge < -0.3 is 5.11 Å². The number of benzene rings is 2. The number of fused-ring (bicyclic) bond motifs is 1. The van der Waals surface area contributed by atoms with Crippen LogP contribution in [0.15, 0.2) is 48.5 Å². The number of carboxylic acid groups (broad SMARTS) is 1. The average Bonchev–Trinajstić information content (AvgIpc) is 2.79. The zero-order chi connectivity index (χ0) is 16.6. The van der Waals surface area contributed by atoms with Crippen molar-refractivity contribution >= 4 is 17.8 Å². The molecule has 2 aromatic carbocycles. The van der Waals surface area contributed by atoms with Crippen molar-refractivity contribution in [3.8, 4) is 0 Å². The molecule has 0 fully saturated rings. The molecule has 5 heteroatoms. The molecule has 0 bridgehead atoms. The quantitative estimate of drug-likeness (QED) is 0.879. The van der Waals surface area contributed by atoms with Gasteiger partial charge in [0, 0.05) is 6.42 Å². The van der Waals surface area contributed by atoms with E-state index >= 15 is 0 Å². The van der Waals surface area contributed by atoms with Crippen LogP contribution >= 0.6 is 0 Å². The van der Waals surface area contributed by atoms with E-state index in [1.165, 1.54) is 0 Å². The SMILES string of the molecule is Cc1ccc(CC(C(=O)O)N2C(=O)c3ccccc3C2=O)cc1. The molecule has 1 heterocycles. The first-order valence-corrected chi connectivity index (χ1v) is 7.24. The molecule has 1 unspecified atom stereocenters. The van der Waals surface area contributed by atoms with Gasteiger partial charge in [-0.1, -0.05) is 42.0 Å². The maximum Gasteiger partial charge on any atom is 0.327 e. The first-order chi connectivity index (χ1) is 11.0. The lowest BCUT2D eigenvalue weighted by atomic mass is 10.0. The lowest BCUT2D eigenvalue weighted by Gasteiger charge is -2.22. The Morgan fingerprint density at radius 2 is 1.52 bits per heavy atom. The summed E-state index contributed by atoms with van der Waals surface area (Å²) in [6.07, 6.45) is 0.0844. The molecule has 0 saturated carbocycles. The second kappa shape index (κ2) is 5.68. The number of aliphatic carboxylic acids is 1. The lowest BCUT2D eigenvalue weighted by molar-refractivity contribution is -0.141. The minimum Gasteiger partial charge on any atom is -0.480 e. The van der Waals surface area contributed by atoms with Crippen LogP contribution in [0.5, 0.6) is 0 Å². The summed E-state index contributed by atoms with van der Waals surface area (Å²) >= 11 is 0. The Balaban J connectivity index is 1.94. The van der Waals surface area contributed by atoms with E-state index in [0.717, 1.165) is 16.0 Å². The molecule has 1 aliphatic rings. The van der Waals surface area contributed by atoms with Crippen LogP contribution in [0.2, 0.25) is 0 Å². The predicted octanol–water partition coefficient (Wildman–Crippen LogP) is 2.29. The second-order valence-corrected chi connectivity index (χ2v) is 5.57. The number of hydrogen-bond donors (Lipinski definition) is 1. The van der Waals surface area contributed by atoms with Gasteiger partial charge in [-0.25, -0.2) is 4.79 Å². The van der Waals surface area contributed by atoms with Crippen LogP contribution in [-0.4, -0.2) is 33.8 Å². The van der Waals surface area contributed by atoms with Gasteiger partial charge in [0.05, 0.1) is 11.1 Å². The Morgan fingerprint density at radius 1 is 1.00 bits per heavy atom. The van der Waals surface area contributed by atoms with Gasteiger partial charge in [0.1, 0.15) is 6.04 Å². The molecule has 2 aromatic rings. The Labute approximate surface area is 133 Å². The van der Waals surface area contributed by atoms with Crippen LogP contribution < -0.4 is 0 Å². The molecular weight excluding hydrogens is 294 g/mol. The minimum absolute atomic E-state index is 0.0844. The Bertz CT molecular complexity index is 760. The van der Waals surface area contributed by atoms with Gasteiger partial charge in [-0.05, 0) is 24.6 Å². The Hall–Kier alpha value is -2.95. The number of hydrogen-bond acceptors (Lipinski definition) is 3. The standard InChI is InChI=1S/C18H15NO4/c1-11-6-8-12(9-7-11)10-15(18(22)23)19-16(20)13-4-2-3-5-14(13)17(19)21/h2-9,15H,10H2,1H3,(H,22,23). The van der Waals surface area contributed by atoms with Gasteiger partial charge >= 0.3 is 5.97 Å². The molecule has 2 amide bonds. The number of aryl methyl sites for hydroxylation is 1. The summed E-state index contributed by atoms with van der Waals surface area (Å²) < 4.78 is 0. The van der Waals surface area contributed by atoms with Gasteiger partial charge in [-0.2, -0.15) is 0 Å². The van der Waals surface area contributed by atoms with Crippen molar-refractivity contribution in [2.75, 3.05) is 0 Å². The molecule has 3 rings (SSSR count). The molecule has 1 aliphatic heterocycles. The van der Waals surface area contributed by atoms with Gasteiger partial charge in [0.25, 0.3) is 11.8 Å². The number of rotatable bonds is 4. The third kappa shape index (κ3) is 2.61. The largest absolute Gasteiger partial charge is 0.480 e. The number of carboxylic acids is 1. The smallest absolute Gasteiger partial charge is 0.327 e. The van der Waals surface area contributed by atoms with E-state index in [0.29, 0.717) is 0 Å². The molecule has 116 valence electrons. The topological polar surface area (TPSA) is 74.7 Å². The van der Waals surface area contributed by atoms with Crippen LogP contribution in [0.3, 0.4) is 0 Å². The van der Waals surface area contributed by atoms with Crippen LogP contribution in [-0.2, 0) is 11.2 Å². The maximum atomic E-state index is 12.4. The summed E-state index contributed by atoms with van der Waals surface area (Å²) in [4.78, 5) is 37.4. The van der Waals surface area contributed by atoms with Gasteiger partial charge in [0.2, 0.25) is 0 Å². The van der Waals surface area contributed by atoms with E-state index in [9.17, 15) is 19.5 Å². The highest BCUT2D eigenvalue weighted by atomic mass is 16.4. The van der Waals surface area contributed by atoms with Crippen LogP contribution in [0, 0.1) is 6.92 Å². The first-order valence-electron chi connectivity index (χ1n) is 7.24. The summed E-state index contributed by atoms with van der Waals surface area (Å²) in [6.45, 7) is 1.93. The zero-order valence-electron chi connectivity index (χ0n) is 12.5. The fourth-order valence-corrected chi connectivity index (χ4v) is 2.73. The normalized spacial score (nSPS) is 14.7. The molecule has 1 N–H and O–H groups in total. The van der Waals surface area contributed by atoms with Crippen molar-refractivity contribution in [3.63, 3.8) is 0 Å². The molecule has 0 aliphatic carbocycles. The van der Waals surface area contributed by atoms with Crippen LogP contribution in [0.25, 0.3) is 0 Å². The Morgan fingerprint density at radius 3 is 2.00 bits per heavy atom. The third-order valence-electron chi connectivity index (χ3n) is 3.97. The maximum absolute atomic E-state index is 12.4. The molecule has 0 spiro atoms. The van der Waals surface area contributed by atoms with E-state index in [4.69, 9.17) is 0 Å². The van der Waals surface area contributed by atoms with Crippen molar-refractivity contribution < 1.29 is 19.5 Å². The number of amides is 2. The summed E-state index contributed by atoms with van der Waals surface area (Å²) in [5.74, 6) is -2.30. The molecule has 23 heavy (non-hydrogen) atoms. The molecule has 5 nitrogen and oxygen atoms in total. The summed E-state index contributed by atoms with van der Waals surface area (Å²) in [7, 11) is 0. The molecule has 0 saturated heterocycles. The van der Waals surface area contributed by atoms with Crippen molar-refractivity contribution in [2.45, 2.75) is 19.4 Å². The van der Waals surface area contributed by atoms with Crippen molar-refractivity contribution in [2.24, 2.45) is 0 Å². The zero-order valence-corrected chi connectivity index (χ0v) is 12.5. The van der Waals surface area contributed by atoms with Gasteiger partial charge in [0.15, 0.2) is 0 Å². The van der Waals surface area contributed by atoms with E-state index < -0.39 is 23.8 Å². The monoisotopic (exact) mass is 309 g/mol. The van der Waals surface area contributed by atoms with E-state index in [1.54, 1.807) is 24.3 Å². The van der Waals surface area contributed by atoms with E-state index in [1.807, 2.05) is 31.2 Å². The van der Waals surface area contributed by atoms with E-state index in [-0.39, 0.29) is 17.5 Å². The molecule has 0 aromatic heterocycles. The van der Waals surface area contributed by atoms with E-state index in [2.05, 4.69) is 0 Å². The van der Waals surface area contributed by atoms with Gasteiger partial charge in [-0.15, -0.1) is 0 Å². The Kier molecular flexibility index (Phi) is 3.70. The predicted molar refractivity (Wildman–Crippen MR) is 83.2 cm³/mol. The van der Waals surface area contributed by atoms with Crippen molar-refractivity contribution in [1.29, 1.82) is 0 Å². The number of imide groups is 1. The molecular formula is C18H15NO4. The van der Waals surface area contributed by atoms with Crippen molar-refractivity contribution in [3.05, 3.63) is 70.8 Å². The highest BCUT2D eigenvalue weighted by molar-refractivity contribution is 6.22. The van der Waals surface area contributed by atoms with Gasteiger partial charge in [-0.3, -0.25) is 14.5 Å². The van der Waals surface area contributed by atoms with Crippen LogP contribution in [0.1, 0.15) is 31.8 Å². The molecule has 0 radical (unpaired) electrons. The highest BCUT2D eigenvalue weighted by Crippen LogP contribution is 2.26. The highest BCUT2D eigenvalue weighted by Gasteiger charge is 2.42. The first kappa shape index (κ1) is 15.0.